The number of hydrazine groups is 1. The van der Waals surface area contributed by atoms with Gasteiger partial charge in [-0.15, -0.1) is 0 Å². The van der Waals surface area contributed by atoms with Crippen molar-refractivity contribution in [3.05, 3.63) is 29.8 Å². The first-order chi connectivity index (χ1) is 8.08. The van der Waals surface area contributed by atoms with Crippen molar-refractivity contribution < 1.29 is 9.90 Å². The van der Waals surface area contributed by atoms with E-state index in [9.17, 15) is 9.90 Å². The lowest BCUT2D eigenvalue weighted by atomic mass is 10.2. The molecule has 4 heteroatoms. The van der Waals surface area contributed by atoms with Crippen LogP contribution >= 0.6 is 0 Å². The fourth-order valence-corrected chi connectivity index (χ4v) is 2.13. The van der Waals surface area contributed by atoms with Crippen LogP contribution < -0.4 is 5.01 Å². The molecule has 92 valence electrons. The second kappa shape index (κ2) is 4.85. The summed E-state index contributed by atoms with van der Waals surface area (Å²) in [7, 11) is 0. The molecule has 1 fully saturated rings. The van der Waals surface area contributed by atoms with Crippen molar-refractivity contribution in [2.24, 2.45) is 0 Å². The van der Waals surface area contributed by atoms with Crippen molar-refractivity contribution >= 4 is 11.6 Å². The fourth-order valence-electron chi connectivity index (χ4n) is 2.13. The Morgan fingerprint density at radius 2 is 2.24 bits per heavy atom. The molecular formula is C13H18N2O2. The number of aliphatic hydroxyl groups excluding tert-OH is 1. The molecule has 0 saturated carbocycles. The Morgan fingerprint density at radius 3 is 2.88 bits per heavy atom. The predicted molar refractivity (Wildman–Crippen MR) is 66.5 cm³/mol. The molecular weight excluding hydrogens is 216 g/mol. The van der Waals surface area contributed by atoms with E-state index in [4.69, 9.17) is 0 Å². The van der Waals surface area contributed by atoms with Crippen LogP contribution in [-0.2, 0) is 4.79 Å². The fraction of sp³-hybridized carbons (Fsp3) is 0.462. The molecule has 1 heterocycles. The minimum absolute atomic E-state index is 0.0938. The van der Waals surface area contributed by atoms with Gasteiger partial charge < -0.3 is 5.11 Å². The Morgan fingerprint density at radius 1 is 1.47 bits per heavy atom. The third kappa shape index (κ3) is 2.65. The van der Waals surface area contributed by atoms with Crippen molar-refractivity contribution in [1.29, 1.82) is 0 Å². The molecule has 1 aromatic carbocycles. The Hall–Kier alpha value is -1.39. The second-order valence-corrected chi connectivity index (χ2v) is 4.56. The van der Waals surface area contributed by atoms with Gasteiger partial charge in [0.2, 0.25) is 5.91 Å². The maximum absolute atomic E-state index is 11.9. The number of carbonyl (C=O) groups excluding carboxylic acids is 1. The van der Waals surface area contributed by atoms with Gasteiger partial charge in [-0.25, -0.2) is 10.0 Å². The van der Waals surface area contributed by atoms with Crippen LogP contribution in [0.2, 0.25) is 0 Å². The maximum atomic E-state index is 11.9. The monoisotopic (exact) mass is 234 g/mol. The number of nitrogens with zero attached hydrogens (tertiary/aromatic N) is 2. The minimum atomic E-state index is -0.437. The molecule has 1 atom stereocenters. The van der Waals surface area contributed by atoms with Crippen LogP contribution in [0.3, 0.4) is 0 Å². The Bertz CT molecular complexity index is 418. The van der Waals surface area contributed by atoms with E-state index in [1.54, 1.807) is 11.9 Å². The first-order valence-electron chi connectivity index (χ1n) is 5.90. The largest absolute Gasteiger partial charge is 0.392 e. The summed E-state index contributed by atoms with van der Waals surface area (Å²) in [6.45, 7) is 4.90. The summed E-state index contributed by atoms with van der Waals surface area (Å²) in [5.74, 6) is 0.0938. The normalized spacial score (nSPS) is 18.8. The molecule has 1 saturated heterocycles. The van der Waals surface area contributed by atoms with Crippen LogP contribution in [0.4, 0.5) is 5.69 Å². The quantitative estimate of drug-likeness (QED) is 0.858. The van der Waals surface area contributed by atoms with Crippen LogP contribution in [0.15, 0.2) is 24.3 Å². The molecule has 0 bridgehead atoms. The SMILES string of the molecule is Cc1cccc(N2C(=O)CCN2CC(C)O)c1. The molecule has 0 spiro atoms. The predicted octanol–water partition coefficient (Wildman–Crippen LogP) is 1.33. The van der Waals surface area contributed by atoms with Crippen LogP contribution in [0.25, 0.3) is 0 Å². The van der Waals surface area contributed by atoms with E-state index >= 15 is 0 Å². The van der Waals surface area contributed by atoms with Crippen molar-refractivity contribution in [3.63, 3.8) is 0 Å². The number of β-amino-alcohol motifs (C(OH)–C–C–N with tert-alkyl or cyclic N) is 1. The van der Waals surface area contributed by atoms with Gasteiger partial charge in [0, 0.05) is 19.5 Å². The zero-order valence-electron chi connectivity index (χ0n) is 10.3. The third-order valence-corrected chi connectivity index (χ3v) is 2.82. The van der Waals surface area contributed by atoms with E-state index in [1.165, 1.54) is 0 Å². The molecule has 0 aliphatic carbocycles. The molecule has 1 aliphatic rings. The summed E-state index contributed by atoms with van der Waals surface area (Å²) in [6, 6.07) is 7.85. The number of carbonyl (C=O) groups is 1. The van der Waals surface area contributed by atoms with Crippen molar-refractivity contribution in [2.45, 2.75) is 26.4 Å². The first kappa shape index (κ1) is 12.1. The molecule has 1 unspecified atom stereocenters. The van der Waals surface area contributed by atoms with Gasteiger partial charge in [-0.05, 0) is 31.5 Å². The average Bonchev–Trinajstić information content (AvgIpc) is 2.59. The topological polar surface area (TPSA) is 43.8 Å². The Balaban J connectivity index is 2.24. The van der Waals surface area contributed by atoms with Gasteiger partial charge in [0.25, 0.3) is 0 Å². The number of rotatable bonds is 3. The lowest BCUT2D eigenvalue weighted by Crippen LogP contribution is -2.42. The van der Waals surface area contributed by atoms with Gasteiger partial charge in [-0.3, -0.25) is 4.79 Å². The number of aliphatic hydroxyl groups is 1. The summed E-state index contributed by atoms with van der Waals surface area (Å²) in [5.41, 5.74) is 2.01. The molecule has 0 radical (unpaired) electrons. The molecule has 17 heavy (non-hydrogen) atoms. The number of hydrogen-bond acceptors (Lipinski definition) is 3. The van der Waals surface area contributed by atoms with Gasteiger partial charge in [-0.1, -0.05) is 12.1 Å². The highest BCUT2D eigenvalue weighted by molar-refractivity contribution is 5.94. The maximum Gasteiger partial charge on any atom is 0.242 e. The van der Waals surface area contributed by atoms with E-state index in [1.807, 2.05) is 36.2 Å². The highest BCUT2D eigenvalue weighted by Gasteiger charge is 2.30. The van der Waals surface area contributed by atoms with E-state index in [0.717, 1.165) is 11.3 Å². The van der Waals surface area contributed by atoms with E-state index in [0.29, 0.717) is 19.5 Å². The van der Waals surface area contributed by atoms with Crippen LogP contribution in [0.5, 0.6) is 0 Å². The van der Waals surface area contributed by atoms with Crippen LogP contribution in [0, 0.1) is 6.92 Å². The number of benzene rings is 1. The average molecular weight is 234 g/mol. The van der Waals surface area contributed by atoms with Crippen molar-refractivity contribution in [1.82, 2.24) is 5.01 Å². The number of anilines is 1. The summed E-state index contributed by atoms with van der Waals surface area (Å²) >= 11 is 0. The van der Waals surface area contributed by atoms with Gasteiger partial charge in [0.05, 0.1) is 11.8 Å². The molecule has 1 aliphatic heterocycles. The Labute approximate surface area is 101 Å². The highest BCUT2D eigenvalue weighted by atomic mass is 16.3. The minimum Gasteiger partial charge on any atom is -0.392 e. The van der Waals surface area contributed by atoms with Crippen LogP contribution in [-0.4, -0.2) is 35.2 Å². The van der Waals surface area contributed by atoms with Gasteiger partial charge >= 0.3 is 0 Å². The van der Waals surface area contributed by atoms with Crippen molar-refractivity contribution in [3.8, 4) is 0 Å². The van der Waals surface area contributed by atoms with E-state index in [2.05, 4.69) is 0 Å². The summed E-state index contributed by atoms with van der Waals surface area (Å²) < 4.78 is 0. The zero-order chi connectivity index (χ0) is 12.4. The van der Waals surface area contributed by atoms with Crippen LogP contribution in [0.1, 0.15) is 18.9 Å². The van der Waals surface area contributed by atoms with Crippen molar-refractivity contribution in [2.75, 3.05) is 18.1 Å². The van der Waals surface area contributed by atoms with E-state index < -0.39 is 6.10 Å². The standard InChI is InChI=1S/C13H18N2O2/c1-10-4-3-5-12(8-10)15-13(17)6-7-14(15)9-11(2)16/h3-5,8,11,16H,6-7,9H2,1-2H3. The molecule has 2 rings (SSSR count). The number of amides is 1. The molecule has 4 nitrogen and oxygen atoms in total. The summed E-state index contributed by atoms with van der Waals surface area (Å²) in [5, 5.41) is 13.0. The smallest absolute Gasteiger partial charge is 0.242 e. The molecule has 1 N–H and O–H groups in total. The highest BCUT2D eigenvalue weighted by Crippen LogP contribution is 2.23. The van der Waals surface area contributed by atoms with Gasteiger partial charge in [0.1, 0.15) is 0 Å². The first-order valence-corrected chi connectivity index (χ1v) is 5.90. The number of aryl methyl sites for hydroxylation is 1. The summed E-state index contributed by atoms with van der Waals surface area (Å²) in [4.78, 5) is 11.9. The lowest BCUT2D eigenvalue weighted by Gasteiger charge is -2.29. The Kier molecular flexibility index (Phi) is 3.45. The second-order valence-electron chi connectivity index (χ2n) is 4.56. The molecule has 1 amide bonds. The third-order valence-electron chi connectivity index (χ3n) is 2.82. The molecule has 0 aromatic heterocycles. The van der Waals surface area contributed by atoms with Gasteiger partial charge in [-0.2, -0.15) is 0 Å². The zero-order valence-corrected chi connectivity index (χ0v) is 10.3. The van der Waals surface area contributed by atoms with E-state index in [-0.39, 0.29) is 5.91 Å². The lowest BCUT2D eigenvalue weighted by molar-refractivity contribution is -0.118. The van der Waals surface area contributed by atoms with Gasteiger partial charge in [0.15, 0.2) is 0 Å². The summed E-state index contributed by atoms with van der Waals surface area (Å²) in [6.07, 6.45) is 0.0777. The molecule has 1 aromatic rings. The number of hydrogen-bond donors (Lipinski definition) is 1.